The van der Waals surface area contributed by atoms with Gasteiger partial charge in [0.05, 0.1) is 0 Å². The van der Waals surface area contributed by atoms with Gasteiger partial charge in [0, 0.05) is 6.54 Å². The second-order valence-corrected chi connectivity index (χ2v) is 2.88. The number of nitrogens with zero attached hydrogens (tertiary/aromatic N) is 1. The fourth-order valence-electron chi connectivity index (χ4n) is 0.833. The number of hydrogen-bond acceptors (Lipinski definition) is 1. The average molecular weight is 153 g/mol. The van der Waals surface area contributed by atoms with Crippen LogP contribution in [-0.2, 0) is 0 Å². The molecular weight excluding hydrogens is 134 g/mol. The van der Waals surface area contributed by atoms with Gasteiger partial charge in [-0.25, -0.2) is 0 Å². The van der Waals surface area contributed by atoms with Crippen LogP contribution in [0.1, 0.15) is 20.3 Å². The molecule has 0 aromatic carbocycles. The first-order valence-corrected chi connectivity index (χ1v) is 4.17. The van der Waals surface area contributed by atoms with E-state index in [1.165, 1.54) is 5.57 Å². The summed E-state index contributed by atoms with van der Waals surface area (Å²) in [7, 11) is 4.15. The van der Waals surface area contributed by atoms with Crippen molar-refractivity contribution in [2.24, 2.45) is 0 Å². The van der Waals surface area contributed by atoms with Gasteiger partial charge in [0.1, 0.15) is 0 Å². The normalized spacial score (nSPS) is 13.4. The molecule has 0 N–H and O–H groups in total. The average Bonchev–Trinajstić information content (AvgIpc) is 1.98. The van der Waals surface area contributed by atoms with Crippen LogP contribution in [0.15, 0.2) is 23.8 Å². The Hall–Kier alpha value is -0.560. The maximum absolute atomic E-state index is 2.19. The highest BCUT2D eigenvalue weighted by Crippen LogP contribution is 2.01. The van der Waals surface area contributed by atoms with E-state index < -0.39 is 0 Å². The van der Waals surface area contributed by atoms with E-state index in [0.29, 0.717) is 0 Å². The van der Waals surface area contributed by atoms with Gasteiger partial charge in [-0.15, -0.1) is 0 Å². The molecule has 0 aromatic rings. The van der Waals surface area contributed by atoms with Crippen LogP contribution < -0.4 is 0 Å². The Morgan fingerprint density at radius 3 is 2.36 bits per heavy atom. The predicted molar refractivity (Wildman–Crippen MR) is 51.7 cm³/mol. The first kappa shape index (κ1) is 10.4. The molecule has 0 aromatic heterocycles. The summed E-state index contributed by atoms with van der Waals surface area (Å²) < 4.78 is 0. The number of likely N-dealkylation sites (N-methyl/N-ethyl adjacent to an activating group) is 1. The van der Waals surface area contributed by atoms with Crippen LogP contribution in [0.4, 0.5) is 0 Å². The summed E-state index contributed by atoms with van der Waals surface area (Å²) in [5.74, 6) is 0. The molecule has 0 atom stereocenters. The molecule has 64 valence electrons. The second-order valence-electron chi connectivity index (χ2n) is 2.88. The molecule has 0 bridgehead atoms. The Kier molecular flexibility index (Phi) is 5.86. The summed E-state index contributed by atoms with van der Waals surface area (Å²) in [5.41, 5.74) is 1.41. The zero-order valence-electron chi connectivity index (χ0n) is 8.09. The molecule has 11 heavy (non-hydrogen) atoms. The van der Waals surface area contributed by atoms with Crippen molar-refractivity contribution < 1.29 is 0 Å². The summed E-state index contributed by atoms with van der Waals surface area (Å²) in [6.45, 7) is 5.28. The highest BCUT2D eigenvalue weighted by atomic mass is 15.0. The van der Waals surface area contributed by atoms with Crippen LogP contribution in [0.5, 0.6) is 0 Å². The monoisotopic (exact) mass is 153 g/mol. The molecule has 0 rings (SSSR count). The van der Waals surface area contributed by atoms with Crippen LogP contribution in [-0.4, -0.2) is 25.5 Å². The third-order valence-corrected chi connectivity index (χ3v) is 1.58. The molecule has 0 aliphatic carbocycles. The summed E-state index contributed by atoms with van der Waals surface area (Å²) in [5, 5.41) is 0. The van der Waals surface area contributed by atoms with Crippen LogP contribution in [0.25, 0.3) is 0 Å². The fraction of sp³-hybridized carbons (Fsp3) is 0.600. The van der Waals surface area contributed by atoms with Crippen molar-refractivity contribution in [1.82, 2.24) is 4.90 Å². The molecule has 0 amide bonds. The van der Waals surface area contributed by atoms with E-state index in [0.717, 1.165) is 13.0 Å². The van der Waals surface area contributed by atoms with Crippen molar-refractivity contribution in [2.75, 3.05) is 20.6 Å². The lowest BCUT2D eigenvalue weighted by molar-refractivity contribution is 0.456. The van der Waals surface area contributed by atoms with Gasteiger partial charge in [-0.1, -0.05) is 30.7 Å². The lowest BCUT2D eigenvalue weighted by Gasteiger charge is -2.03. The molecule has 0 aliphatic rings. The van der Waals surface area contributed by atoms with E-state index in [1.54, 1.807) is 0 Å². The van der Waals surface area contributed by atoms with Gasteiger partial charge in [-0.3, -0.25) is 0 Å². The van der Waals surface area contributed by atoms with Crippen molar-refractivity contribution in [3.8, 4) is 0 Å². The van der Waals surface area contributed by atoms with Crippen molar-refractivity contribution >= 4 is 0 Å². The Balaban J connectivity index is 3.72. The van der Waals surface area contributed by atoms with Gasteiger partial charge in [-0.05, 0) is 27.4 Å². The Bertz CT molecular complexity index is 143. The Labute approximate surface area is 70.4 Å². The van der Waals surface area contributed by atoms with Crippen LogP contribution in [0, 0.1) is 0 Å². The standard InChI is InChI=1S/C10H19N/c1-5-10(6-2)8-7-9-11(3)4/h5,7-8H,6,9H2,1-4H3/b8-7-,10-5-. The van der Waals surface area contributed by atoms with Crippen LogP contribution in [0.2, 0.25) is 0 Å². The third-order valence-electron chi connectivity index (χ3n) is 1.58. The molecule has 0 spiro atoms. The van der Waals surface area contributed by atoms with Gasteiger partial charge in [0.15, 0.2) is 0 Å². The second kappa shape index (κ2) is 6.17. The first-order chi connectivity index (χ1) is 5.20. The smallest absolute Gasteiger partial charge is 0.0160 e. The SMILES string of the molecule is C/C=C(\C=C/CN(C)C)CC. The van der Waals surface area contributed by atoms with Crippen molar-refractivity contribution in [3.05, 3.63) is 23.8 Å². The third kappa shape index (κ3) is 5.86. The molecular formula is C10H19N. The van der Waals surface area contributed by atoms with E-state index in [9.17, 15) is 0 Å². The van der Waals surface area contributed by atoms with E-state index in [2.05, 4.69) is 51.1 Å². The minimum absolute atomic E-state index is 1.03. The highest BCUT2D eigenvalue weighted by Gasteiger charge is 1.85. The molecule has 0 fully saturated rings. The van der Waals surface area contributed by atoms with Crippen LogP contribution >= 0.6 is 0 Å². The molecule has 0 radical (unpaired) electrons. The Morgan fingerprint density at radius 2 is 2.00 bits per heavy atom. The fourth-order valence-corrected chi connectivity index (χ4v) is 0.833. The lowest BCUT2D eigenvalue weighted by atomic mass is 10.2. The minimum Gasteiger partial charge on any atom is -0.306 e. The van der Waals surface area contributed by atoms with E-state index >= 15 is 0 Å². The van der Waals surface area contributed by atoms with Crippen molar-refractivity contribution in [2.45, 2.75) is 20.3 Å². The minimum atomic E-state index is 1.03. The molecule has 0 saturated heterocycles. The first-order valence-electron chi connectivity index (χ1n) is 4.17. The molecule has 0 unspecified atom stereocenters. The molecule has 0 saturated carbocycles. The van der Waals surface area contributed by atoms with Crippen LogP contribution in [0.3, 0.4) is 0 Å². The number of hydrogen-bond donors (Lipinski definition) is 0. The zero-order valence-corrected chi connectivity index (χ0v) is 8.09. The highest BCUT2D eigenvalue weighted by molar-refractivity contribution is 5.17. The van der Waals surface area contributed by atoms with Gasteiger partial charge in [-0.2, -0.15) is 0 Å². The number of allylic oxidation sites excluding steroid dienone is 3. The van der Waals surface area contributed by atoms with Gasteiger partial charge < -0.3 is 4.90 Å². The summed E-state index contributed by atoms with van der Waals surface area (Å²) in [4.78, 5) is 2.15. The van der Waals surface area contributed by atoms with Gasteiger partial charge in [0.2, 0.25) is 0 Å². The predicted octanol–water partition coefficient (Wildman–Crippen LogP) is 2.46. The molecule has 0 heterocycles. The van der Waals surface area contributed by atoms with Gasteiger partial charge >= 0.3 is 0 Å². The van der Waals surface area contributed by atoms with Crippen molar-refractivity contribution in [1.29, 1.82) is 0 Å². The summed E-state index contributed by atoms with van der Waals surface area (Å²) in [6, 6.07) is 0. The maximum atomic E-state index is 2.19. The molecule has 1 nitrogen and oxygen atoms in total. The van der Waals surface area contributed by atoms with Gasteiger partial charge in [0.25, 0.3) is 0 Å². The summed E-state index contributed by atoms with van der Waals surface area (Å²) >= 11 is 0. The number of rotatable bonds is 4. The maximum Gasteiger partial charge on any atom is 0.0160 e. The zero-order chi connectivity index (χ0) is 8.69. The quantitative estimate of drug-likeness (QED) is 0.561. The van der Waals surface area contributed by atoms with Crippen molar-refractivity contribution in [3.63, 3.8) is 0 Å². The molecule has 1 heteroatoms. The van der Waals surface area contributed by atoms with E-state index in [4.69, 9.17) is 0 Å². The van der Waals surface area contributed by atoms with E-state index in [-0.39, 0.29) is 0 Å². The largest absolute Gasteiger partial charge is 0.306 e. The lowest BCUT2D eigenvalue weighted by Crippen LogP contribution is -2.10. The summed E-state index contributed by atoms with van der Waals surface area (Å²) in [6.07, 6.45) is 7.67. The Morgan fingerprint density at radius 1 is 1.36 bits per heavy atom. The van der Waals surface area contributed by atoms with E-state index in [1.807, 2.05) is 0 Å². The topological polar surface area (TPSA) is 3.24 Å². The molecule has 0 aliphatic heterocycles.